The first-order valence-corrected chi connectivity index (χ1v) is 8.52. The lowest BCUT2D eigenvalue weighted by Crippen LogP contribution is -2.19. The molecular weight excluding hydrogens is 286 g/mol. The summed E-state index contributed by atoms with van der Waals surface area (Å²) in [5, 5.41) is 2.89. The SMILES string of the molecule is COCC[S@@](=O)Cc1cccc(NC(=O)CC(C)(C)C)c1. The zero-order valence-corrected chi connectivity index (χ0v) is 14.1. The minimum absolute atomic E-state index is 0.000144. The molecule has 0 unspecified atom stereocenters. The van der Waals surface area contributed by atoms with E-state index in [1.54, 1.807) is 7.11 Å². The maximum Gasteiger partial charge on any atom is 0.224 e. The number of carbonyl (C=O) groups is 1. The van der Waals surface area contributed by atoms with Crippen molar-refractivity contribution in [1.82, 2.24) is 0 Å². The molecule has 1 N–H and O–H groups in total. The topological polar surface area (TPSA) is 55.4 Å². The van der Waals surface area contributed by atoms with Gasteiger partial charge in [0.25, 0.3) is 0 Å². The summed E-state index contributed by atoms with van der Waals surface area (Å²) in [6.45, 7) is 6.58. The van der Waals surface area contributed by atoms with Crippen LogP contribution in [0, 0.1) is 5.41 Å². The summed E-state index contributed by atoms with van der Waals surface area (Å²) in [4.78, 5) is 11.9. The number of carbonyl (C=O) groups excluding carboxylic acids is 1. The monoisotopic (exact) mass is 311 g/mol. The van der Waals surface area contributed by atoms with Gasteiger partial charge in [0.05, 0.1) is 6.61 Å². The number of nitrogens with one attached hydrogen (secondary N) is 1. The second-order valence-electron chi connectivity index (χ2n) is 6.27. The lowest BCUT2D eigenvalue weighted by Gasteiger charge is -2.17. The lowest BCUT2D eigenvalue weighted by atomic mass is 9.92. The fourth-order valence-corrected chi connectivity index (χ4v) is 2.91. The third-order valence-corrected chi connectivity index (χ3v) is 4.02. The van der Waals surface area contributed by atoms with Crippen molar-refractivity contribution >= 4 is 22.4 Å². The lowest BCUT2D eigenvalue weighted by molar-refractivity contribution is -0.117. The minimum Gasteiger partial charge on any atom is -0.384 e. The van der Waals surface area contributed by atoms with Crippen molar-refractivity contribution in [2.45, 2.75) is 32.9 Å². The number of methoxy groups -OCH3 is 1. The van der Waals surface area contributed by atoms with Crippen molar-refractivity contribution in [3.63, 3.8) is 0 Å². The molecule has 5 heteroatoms. The normalized spacial score (nSPS) is 13.0. The first kappa shape index (κ1) is 17.9. The summed E-state index contributed by atoms with van der Waals surface area (Å²) in [5.41, 5.74) is 1.67. The minimum atomic E-state index is -0.945. The molecule has 1 amide bonds. The standard InChI is InChI=1S/C16H25NO3S/c1-16(2,3)11-15(18)17-14-7-5-6-13(10-14)12-21(19)9-8-20-4/h5-7,10H,8-9,11-12H2,1-4H3,(H,17,18)/t21-/m1/s1. The molecule has 0 aliphatic carbocycles. The molecule has 0 saturated heterocycles. The van der Waals surface area contributed by atoms with Gasteiger partial charge in [-0.2, -0.15) is 0 Å². The number of benzene rings is 1. The van der Waals surface area contributed by atoms with Crippen LogP contribution in [0.15, 0.2) is 24.3 Å². The van der Waals surface area contributed by atoms with E-state index in [9.17, 15) is 9.00 Å². The largest absolute Gasteiger partial charge is 0.384 e. The molecule has 0 heterocycles. The molecule has 0 aliphatic heterocycles. The molecule has 0 aliphatic rings. The number of hydrogen-bond acceptors (Lipinski definition) is 3. The zero-order chi connectivity index (χ0) is 15.9. The van der Waals surface area contributed by atoms with Crippen LogP contribution in [0.2, 0.25) is 0 Å². The zero-order valence-electron chi connectivity index (χ0n) is 13.3. The van der Waals surface area contributed by atoms with Crippen LogP contribution in [0.5, 0.6) is 0 Å². The van der Waals surface area contributed by atoms with E-state index in [0.29, 0.717) is 24.5 Å². The van der Waals surface area contributed by atoms with Crippen molar-refractivity contribution in [1.29, 1.82) is 0 Å². The van der Waals surface area contributed by atoms with Crippen LogP contribution in [0.25, 0.3) is 0 Å². The van der Waals surface area contributed by atoms with Crippen molar-refractivity contribution in [3.05, 3.63) is 29.8 Å². The Labute approximate surface area is 129 Å². The predicted octanol–water partition coefficient (Wildman–Crippen LogP) is 2.96. The van der Waals surface area contributed by atoms with Gasteiger partial charge in [0.1, 0.15) is 0 Å². The van der Waals surface area contributed by atoms with Crippen LogP contribution >= 0.6 is 0 Å². The summed E-state index contributed by atoms with van der Waals surface area (Å²) in [6, 6.07) is 7.52. The molecule has 0 spiro atoms. The van der Waals surface area contributed by atoms with E-state index in [4.69, 9.17) is 4.74 Å². The first-order chi connectivity index (χ1) is 9.80. The Kier molecular flexibility index (Phi) is 7.05. The van der Waals surface area contributed by atoms with E-state index < -0.39 is 10.8 Å². The van der Waals surface area contributed by atoms with Crippen LogP contribution in [-0.4, -0.2) is 29.6 Å². The summed E-state index contributed by atoms with van der Waals surface area (Å²) < 4.78 is 16.8. The summed E-state index contributed by atoms with van der Waals surface area (Å²) in [5.74, 6) is 1.00. The van der Waals surface area contributed by atoms with Gasteiger partial charge in [0.2, 0.25) is 5.91 Å². The van der Waals surface area contributed by atoms with Gasteiger partial charge in [0, 0.05) is 41.5 Å². The van der Waals surface area contributed by atoms with E-state index in [1.165, 1.54) is 0 Å². The van der Waals surface area contributed by atoms with Gasteiger partial charge >= 0.3 is 0 Å². The van der Waals surface area contributed by atoms with Gasteiger partial charge < -0.3 is 10.1 Å². The van der Waals surface area contributed by atoms with Crippen LogP contribution in [0.3, 0.4) is 0 Å². The molecular formula is C16H25NO3S. The number of hydrogen-bond donors (Lipinski definition) is 1. The molecule has 1 aromatic rings. The Morgan fingerprint density at radius 1 is 1.33 bits per heavy atom. The van der Waals surface area contributed by atoms with Crippen molar-refractivity contribution in [2.24, 2.45) is 5.41 Å². The molecule has 0 fully saturated rings. The summed E-state index contributed by atoms with van der Waals surface area (Å²) >= 11 is 0. The van der Waals surface area contributed by atoms with E-state index in [-0.39, 0.29) is 11.3 Å². The van der Waals surface area contributed by atoms with E-state index in [0.717, 1.165) is 11.3 Å². The molecule has 1 rings (SSSR count). The number of rotatable bonds is 7. The molecule has 118 valence electrons. The molecule has 1 atom stereocenters. The Morgan fingerprint density at radius 2 is 2.05 bits per heavy atom. The number of anilines is 1. The Bertz CT molecular complexity index is 495. The smallest absolute Gasteiger partial charge is 0.224 e. The highest BCUT2D eigenvalue weighted by atomic mass is 32.2. The average molecular weight is 311 g/mol. The predicted molar refractivity (Wildman–Crippen MR) is 87.7 cm³/mol. The third kappa shape index (κ3) is 7.97. The second kappa shape index (κ2) is 8.29. The highest BCUT2D eigenvalue weighted by Gasteiger charge is 2.16. The van der Waals surface area contributed by atoms with E-state index in [1.807, 2.05) is 45.0 Å². The second-order valence-corrected chi connectivity index (χ2v) is 7.84. The van der Waals surface area contributed by atoms with Gasteiger partial charge in [-0.25, -0.2) is 0 Å². The van der Waals surface area contributed by atoms with Gasteiger partial charge in [-0.1, -0.05) is 32.9 Å². The maximum absolute atomic E-state index is 11.9. The van der Waals surface area contributed by atoms with Crippen LogP contribution in [0.1, 0.15) is 32.8 Å². The first-order valence-electron chi connectivity index (χ1n) is 7.03. The summed E-state index contributed by atoms with van der Waals surface area (Å²) in [7, 11) is 0.654. The highest BCUT2D eigenvalue weighted by Crippen LogP contribution is 2.20. The Balaban J connectivity index is 2.60. The van der Waals surface area contributed by atoms with E-state index in [2.05, 4.69) is 5.32 Å². The molecule has 0 radical (unpaired) electrons. The van der Waals surface area contributed by atoms with E-state index >= 15 is 0 Å². The van der Waals surface area contributed by atoms with Crippen molar-refractivity contribution in [2.75, 3.05) is 24.8 Å². The molecule has 4 nitrogen and oxygen atoms in total. The number of amides is 1. The van der Waals surface area contributed by atoms with Gasteiger partial charge in [-0.15, -0.1) is 0 Å². The van der Waals surface area contributed by atoms with Crippen LogP contribution < -0.4 is 5.32 Å². The Hall–Kier alpha value is -1.20. The molecule has 0 saturated carbocycles. The fraction of sp³-hybridized carbons (Fsp3) is 0.562. The maximum atomic E-state index is 11.9. The quantitative estimate of drug-likeness (QED) is 0.842. The molecule has 21 heavy (non-hydrogen) atoms. The third-order valence-electron chi connectivity index (χ3n) is 2.74. The van der Waals surface area contributed by atoms with Gasteiger partial charge in [0.15, 0.2) is 0 Å². The Morgan fingerprint density at radius 3 is 2.67 bits per heavy atom. The van der Waals surface area contributed by atoms with Crippen molar-refractivity contribution in [3.8, 4) is 0 Å². The highest BCUT2D eigenvalue weighted by molar-refractivity contribution is 7.84. The summed E-state index contributed by atoms with van der Waals surface area (Å²) in [6.07, 6.45) is 0.469. The molecule has 1 aromatic carbocycles. The average Bonchev–Trinajstić information content (AvgIpc) is 2.34. The molecule has 0 aromatic heterocycles. The fourth-order valence-electron chi connectivity index (χ4n) is 1.86. The number of ether oxygens (including phenoxy) is 1. The van der Waals surface area contributed by atoms with Crippen LogP contribution in [0.4, 0.5) is 5.69 Å². The van der Waals surface area contributed by atoms with Crippen molar-refractivity contribution < 1.29 is 13.7 Å². The van der Waals surface area contributed by atoms with Crippen LogP contribution in [-0.2, 0) is 26.1 Å². The van der Waals surface area contributed by atoms with Gasteiger partial charge in [-0.05, 0) is 23.1 Å². The van der Waals surface area contributed by atoms with Gasteiger partial charge in [-0.3, -0.25) is 9.00 Å². The molecule has 0 bridgehead atoms.